The van der Waals surface area contributed by atoms with E-state index in [-0.39, 0.29) is 11.7 Å². The summed E-state index contributed by atoms with van der Waals surface area (Å²) in [5, 5.41) is 12.1. The van der Waals surface area contributed by atoms with Gasteiger partial charge in [-0.15, -0.1) is 0 Å². The molecular formula is C13H15NO2. The molecule has 0 unspecified atom stereocenters. The lowest BCUT2D eigenvalue weighted by Gasteiger charge is -2.08. The molecule has 3 nitrogen and oxygen atoms in total. The van der Waals surface area contributed by atoms with E-state index in [4.69, 9.17) is 0 Å². The summed E-state index contributed by atoms with van der Waals surface area (Å²) in [4.78, 5) is 11.7. The smallest absolute Gasteiger partial charge is 0.255 e. The van der Waals surface area contributed by atoms with Gasteiger partial charge in [-0.25, -0.2) is 0 Å². The monoisotopic (exact) mass is 217 g/mol. The van der Waals surface area contributed by atoms with Crippen molar-refractivity contribution in [2.45, 2.75) is 13.8 Å². The summed E-state index contributed by atoms with van der Waals surface area (Å²) in [6.45, 7) is 3.45. The Morgan fingerprint density at radius 1 is 1.19 bits per heavy atom. The summed E-state index contributed by atoms with van der Waals surface area (Å²) in [5.74, 6) is -0.172. The van der Waals surface area contributed by atoms with Gasteiger partial charge >= 0.3 is 0 Å². The molecule has 1 aromatic carbocycles. The van der Waals surface area contributed by atoms with Gasteiger partial charge in [0.25, 0.3) is 5.91 Å². The van der Waals surface area contributed by atoms with Gasteiger partial charge in [-0.3, -0.25) is 4.79 Å². The highest BCUT2D eigenvalue weighted by Crippen LogP contribution is 2.05. The molecule has 0 bridgehead atoms. The third-order valence-electron chi connectivity index (χ3n) is 2.12. The normalized spacial score (nSPS) is 12.4. The summed E-state index contributed by atoms with van der Waals surface area (Å²) in [5.41, 5.74) is 0.974. The van der Waals surface area contributed by atoms with Crippen molar-refractivity contribution in [3.05, 3.63) is 59.5 Å². The molecule has 0 saturated heterocycles. The van der Waals surface area contributed by atoms with E-state index < -0.39 is 0 Å². The lowest BCUT2D eigenvalue weighted by molar-refractivity contribution is 0.0964. The number of amides is 1. The summed E-state index contributed by atoms with van der Waals surface area (Å²) in [7, 11) is 0. The maximum absolute atomic E-state index is 11.7. The Kier molecular flexibility index (Phi) is 4.33. The van der Waals surface area contributed by atoms with E-state index >= 15 is 0 Å². The fraction of sp³-hybridized carbons (Fsp3) is 0.154. The van der Waals surface area contributed by atoms with Crippen LogP contribution in [0, 0.1) is 0 Å². The molecule has 0 aliphatic carbocycles. The van der Waals surface area contributed by atoms with E-state index in [1.165, 1.54) is 6.08 Å². The zero-order valence-corrected chi connectivity index (χ0v) is 9.40. The van der Waals surface area contributed by atoms with Crippen LogP contribution in [0.5, 0.6) is 0 Å². The molecule has 1 aromatic rings. The molecule has 0 atom stereocenters. The molecule has 16 heavy (non-hydrogen) atoms. The van der Waals surface area contributed by atoms with Crippen molar-refractivity contribution in [1.82, 2.24) is 5.32 Å². The predicted octanol–water partition coefficient (Wildman–Crippen LogP) is 2.78. The second-order valence-corrected chi connectivity index (χ2v) is 3.20. The molecule has 2 N–H and O–H groups in total. The number of nitrogens with one attached hydrogen (secondary N) is 1. The first-order chi connectivity index (χ1) is 7.69. The minimum atomic E-state index is -0.234. The van der Waals surface area contributed by atoms with Crippen LogP contribution in [0.1, 0.15) is 24.2 Å². The fourth-order valence-electron chi connectivity index (χ4n) is 1.22. The van der Waals surface area contributed by atoms with Gasteiger partial charge in [-0.05, 0) is 32.1 Å². The number of rotatable bonds is 3. The van der Waals surface area contributed by atoms with E-state index in [1.54, 1.807) is 44.2 Å². The average Bonchev–Trinajstić information content (AvgIpc) is 2.35. The molecule has 84 valence electrons. The second-order valence-electron chi connectivity index (χ2n) is 3.20. The Morgan fingerprint density at radius 2 is 1.81 bits per heavy atom. The molecule has 0 saturated carbocycles. The second kappa shape index (κ2) is 5.75. The van der Waals surface area contributed by atoms with Gasteiger partial charge in [0.05, 0.1) is 5.70 Å². The minimum Gasteiger partial charge on any atom is -0.506 e. The highest BCUT2D eigenvalue weighted by atomic mass is 16.3. The molecule has 0 aliphatic heterocycles. The minimum absolute atomic E-state index is 0.0618. The van der Waals surface area contributed by atoms with E-state index in [2.05, 4.69) is 5.32 Å². The lowest BCUT2D eigenvalue weighted by atomic mass is 10.2. The Morgan fingerprint density at radius 3 is 2.31 bits per heavy atom. The third kappa shape index (κ3) is 2.98. The first kappa shape index (κ1) is 12.0. The van der Waals surface area contributed by atoms with Gasteiger partial charge < -0.3 is 10.4 Å². The zero-order valence-electron chi connectivity index (χ0n) is 9.40. The van der Waals surface area contributed by atoms with Crippen molar-refractivity contribution in [2.24, 2.45) is 0 Å². The molecule has 0 heterocycles. The number of allylic oxidation sites excluding steroid dienone is 2. The van der Waals surface area contributed by atoms with Gasteiger partial charge in [0.1, 0.15) is 5.76 Å². The van der Waals surface area contributed by atoms with Crippen LogP contribution in [0.4, 0.5) is 0 Å². The van der Waals surface area contributed by atoms with Gasteiger partial charge in [-0.1, -0.05) is 24.3 Å². The molecule has 0 fully saturated rings. The van der Waals surface area contributed by atoms with Crippen molar-refractivity contribution in [2.75, 3.05) is 0 Å². The van der Waals surface area contributed by atoms with Crippen LogP contribution < -0.4 is 5.32 Å². The molecule has 0 aromatic heterocycles. The molecule has 0 aliphatic rings. The SMILES string of the molecule is C/C=C(O)\C(=C/C)NC(=O)c1ccccc1. The number of aliphatic hydroxyl groups excluding tert-OH is 1. The van der Waals surface area contributed by atoms with E-state index in [1.807, 2.05) is 6.07 Å². The number of hydrogen-bond acceptors (Lipinski definition) is 2. The van der Waals surface area contributed by atoms with E-state index in [0.717, 1.165) is 0 Å². The Hall–Kier alpha value is -2.03. The standard InChI is InChI=1S/C13H15NO2/c1-3-11(12(15)4-2)14-13(16)10-8-6-5-7-9-10/h3-9,15H,1-2H3,(H,14,16)/b11-3+,12-4+. The fourth-order valence-corrected chi connectivity index (χ4v) is 1.22. The van der Waals surface area contributed by atoms with Crippen LogP contribution in [-0.4, -0.2) is 11.0 Å². The number of carbonyl (C=O) groups excluding carboxylic acids is 1. The Bertz CT molecular complexity index is 419. The number of hydrogen-bond donors (Lipinski definition) is 2. The zero-order chi connectivity index (χ0) is 12.0. The summed E-state index contributed by atoms with van der Waals surface area (Å²) < 4.78 is 0. The Labute approximate surface area is 95.1 Å². The van der Waals surface area contributed by atoms with Crippen molar-refractivity contribution in [3.8, 4) is 0 Å². The van der Waals surface area contributed by atoms with Gasteiger partial charge in [0.2, 0.25) is 0 Å². The van der Waals surface area contributed by atoms with Crippen molar-refractivity contribution >= 4 is 5.91 Å². The molecule has 0 spiro atoms. The molecule has 3 heteroatoms. The maximum Gasteiger partial charge on any atom is 0.255 e. The van der Waals surface area contributed by atoms with Crippen molar-refractivity contribution in [1.29, 1.82) is 0 Å². The van der Waals surface area contributed by atoms with Crippen LogP contribution in [-0.2, 0) is 0 Å². The number of benzene rings is 1. The van der Waals surface area contributed by atoms with Gasteiger partial charge in [-0.2, -0.15) is 0 Å². The number of carbonyl (C=O) groups is 1. The first-order valence-electron chi connectivity index (χ1n) is 5.07. The number of aliphatic hydroxyl groups is 1. The van der Waals surface area contributed by atoms with Crippen LogP contribution in [0.3, 0.4) is 0 Å². The van der Waals surface area contributed by atoms with Crippen LogP contribution in [0.25, 0.3) is 0 Å². The highest BCUT2D eigenvalue weighted by Gasteiger charge is 2.08. The molecule has 1 rings (SSSR count). The summed E-state index contributed by atoms with van der Waals surface area (Å²) in [6, 6.07) is 8.86. The maximum atomic E-state index is 11.7. The van der Waals surface area contributed by atoms with E-state index in [9.17, 15) is 9.90 Å². The largest absolute Gasteiger partial charge is 0.506 e. The van der Waals surface area contributed by atoms with Crippen molar-refractivity contribution < 1.29 is 9.90 Å². The summed E-state index contributed by atoms with van der Waals surface area (Å²) in [6.07, 6.45) is 3.18. The average molecular weight is 217 g/mol. The predicted molar refractivity (Wildman–Crippen MR) is 64.1 cm³/mol. The highest BCUT2D eigenvalue weighted by molar-refractivity contribution is 5.95. The first-order valence-corrected chi connectivity index (χ1v) is 5.07. The van der Waals surface area contributed by atoms with Crippen LogP contribution in [0.2, 0.25) is 0 Å². The van der Waals surface area contributed by atoms with E-state index in [0.29, 0.717) is 11.3 Å². The molecular weight excluding hydrogens is 202 g/mol. The topological polar surface area (TPSA) is 49.3 Å². The molecule has 0 radical (unpaired) electrons. The van der Waals surface area contributed by atoms with Crippen molar-refractivity contribution in [3.63, 3.8) is 0 Å². The lowest BCUT2D eigenvalue weighted by Crippen LogP contribution is -2.23. The third-order valence-corrected chi connectivity index (χ3v) is 2.12. The summed E-state index contributed by atoms with van der Waals surface area (Å²) >= 11 is 0. The quantitative estimate of drug-likeness (QED) is 0.604. The van der Waals surface area contributed by atoms with Crippen LogP contribution >= 0.6 is 0 Å². The Balaban J connectivity index is 2.79. The van der Waals surface area contributed by atoms with Gasteiger partial charge in [0, 0.05) is 5.56 Å². The van der Waals surface area contributed by atoms with Crippen LogP contribution in [0.15, 0.2) is 53.9 Å². The van der Waals surface area contributed by atoms with Gasteiger partial charge in [0.15, 0.2) is 0 Å². The molecule has 1 amide bonds.